The van der Waals surface area contributed by atoms with Crippen LogP contribution in [0.3, 0.4) is 0 Å². The number of amides is 1. The Hall–Kier alpha value is -0.610. The average Bonchev–Trinajstić information content (AvgIpc) is 2.62. The summed E-state index contributed by atoms with van der Waals surface area (Å²) in [5.41, 5.74) is 0. The summed E-state index contributed by atoms with van der Waals surface area (Å²) in [6, 6.07) is 0.321. The number of aliphatic hydroxyl groups excluding tert-OH is 1. The van der Waals surface area contributed by atoms with Crippen LogP contribution in [-0.2, 0) is 4.79 Å². The van der Waals surface area contributed by atoms with Crippen molar-refractivity contribution in [2.75, 3.05) is 20.2 Å². The van der Waals surface area contributed by atoms with Gasteiger partial charge in [-0.25, -0.2) is 0 Å². The van der Waals surface area contributed by atoms with E-state index < -0.39 is 0 Å². The van der Waals surface area contributed by atoms with Crippen LogP contribution < -0.4 is 5.32 Å². The predicted molar refractivity (Wildman–Crippen MR) is 62.0 cm³/mol. The third-order valence-electron chi connectivity index (χ3n) is 3.99. The van der Waals surface area contributed by atoms with Gasteiger partial charge in [-0.2, -0.15) is 0 Å². The Morgan fingerprint density at radius 1 is 1.38 bits per heavy atom. The maximum atomic E-state index is 11.8. The van der Waals surface area contributed by atoms with Crippen LogP contribution in [0, 0.1) is 5.92 Å². The largest absolute Gasteiger partial charge is 0.396 e. The highest BCUT2D eigenvalue weighted by Gasteiger charge is 2.33. The number of hydrogen-bond acceptors (Lipinski definition) is 3. The van der Waals surface area contributed by atoms with Crippen LogP contribution in [0.25, 0.3) is 0 Å². The van der Waals surface area contributed by atoms with Gasteiger partial charge in [0.05, 0.1) is 6.04 Å². The number of nitrogens with zero attached hydrogens (tertiary/aromatic N) is 1. The van der Waals surface area contributed by atoms with E-state index in [1.165, 1.54) is 12.8 Å². The lowest BCUT2D eigenvalue weighted by atomic mass is 9.84. The Morgan fingerprint density at radius 2 is 2.12 bits per heavy atom. The Labute approximate surface area is 97.0 Å². The second-order valence-electron chi connectivity index (χ2n) is 5.10. The van der Waals surface area contributed by atoms with Crippen molar-refractivity contribution < 1.29 is 9.90 Å². The summed E-state index contributed by atoms with van der Waals surface area (Å²) in [6.07, 6.45) is 5.51. The third kappa shape index (κ3) is 2.38. The molecule has 1 aliphatic carbocycles. The summed E-state index contributed by atoms with van der Waals surface area (Å²) in [5.74, 6) is 0.551. The molecule has 2 N–H and O–H groups in total. The van der Waals surface area contributed by atoms with Crippen molar-refractivity contribution in [1.82, 2.24) is 10.2 Å². The molecule has 0 radical (unpaired) electrons. The molecule has 92 valence electrons. The van der Waals surface area contributed by atoms with Crippen LogP contribution >= 0.6 is 0 Å². The summed E-state index contributed by atoms with van der Waals surface area (Å²) in [4.78, 5) is 13.6. The standard InChI is InChI=1S/C12H22N2O2/c1-14-7-6-11(12(14)16)13-10-5-3-2-4-9(10)8-15/h9-11,13,15H,2-8H2,1H3/t9-,10-,11-/m1/s1. The van der Waals surface area contributed by atoms with E-state index >= 15 is 0 Å². The zero-order valence-electron chi connectivity index (χ0n) is 9.98. The predicted octanol–water partition coefficient (Wildman–Crippen LogP) is 0.358. The fraction of sp³-hybridized carbons (Fsp3) is 0.917. The van der Waals surface area contributed by atoms with Gasteiger partial charge >= 0.3 is 0 Å². The second-order valence-corrected chi connectivity index (χ2v) is 5.10. The molecule has 0 unspecified atom stereocenters. The molecule has 0 aromatic carbocycles. The summed E-state index contributed by atoms with van der Waals surface area (Å²) in [5, 5.41) is 12.8. The smallest absolute Gasteiger partial charge is 0.239 e. The minimum atomic E-state index is -0.0119. The van der Waals surface area contributed by atoms with Crippen LogP contribution in [0.15, 0.2) is 0 Å². The van der Waals surface area contributed by atoms with Gasteiger partial charge in [-0.05, 0) is 25.2 Å². The van der Waals surface area contributed by atoms with Crippen LogP contribution in [0.2, 0.25) is 0 Å². The molecule has 1 saturated carbocycles. The van der Waals surface area contributed by atoms with Crippen molar-refractivity contribution in [3.05, 3.63) is 0 Å². The number of rotatable bonds is 3. The molecule has 4 heteroatoms. The lowest BCUT2D eigenvalue weighted by Gasteiger charge is -2.32. The number of nitrogens with one attached hydrogen (secondary N) is 1. The van der Waals surface area contributed by atoms with E-state index in [0.29, 0.717) is 12.0 Å². The second kappa shape index (κ2) is 5.15. The van der Waals surface area contributed by atoms with E-state index in [1.807, 2.05) is 7.05 Å². The van der Waals surface area contributed by atoms with Crippen LogP contribution in [0.1, 0.15) is 32.1 Å². The van der Waals surface area contributed by atoms with Crippen LogP contribution in [0.5, 0.6) is 0 Å². The van der Waals surface area contributed by atoms with Crippen molar-refractivity contribution in [3.8, 4) is 0 Å². The molecule has 16 heavy (non-hydrogen) atoms. The summed E-state index contributed by atoms with van der Waals surface area (Å²) in [6.45, 7) is 1.10. The third-order valence-corrected chi connectivity index (χ3v) is 3.99. The molecule has 1 amide bonds. The van der Waals surface area contributed by atoms with E-state index in [0.717, 1.165) is 25.8 Å². The molecular formula is C12H22N2O2. The molecule has 0 bridgehead atoms. The number of aliphatic hydroxyl groups is 1. The molecule has 1 saturated heterocycles. The highest BCUT2D eigenvalue weighted by Crippen LogP contribution is 2.25. The summed E-state index contributed by atoms with van der Waals surface area (Å²) >= 11 is 0. The first-order valence-corrected chi connectivity index (χ1v) is 6.34. The Morgan fingerprint density at radius 3 is 2.75 bits per heavy atom. The minimum Gasteiger partial charge on any atom is -0.396 e. The molecule has 2 rings (SSSR count). The van der Waals surface area contributed by atoms with E-state index in [-0.39, 0.29) is 18.6 Å². The molecular weight excluding hydrogens is 204 g/mol. The van der Waals surface area contributed by atoms with Gasteiger partial charge in [0.15, 0.2) is 0 Å². The molecule has 4 nitrogen and oxygen atoms in total. The van der Waals surface area contributed by atoms with Crippen molar-refractivity contribution >= 4 is 5.91 Å². The monoisotopic (exact) mass is 226 g/mol. The lowest BCUT2D eigenvalue weighted by molar-refractivity contribution is -0.128. The first-order chi connectivity index (χ1) is 7.72. The van der Waals surface area contributed by atoms with Crippen LogP contribution in [-0.4, -0.2) is 48.2 Å². The van der Waals surface area contributed by atoms with Gasteiger partial charge in [0, 0.05) is 26.2 Å². The topological polar surface area (TPSA) is 52.6 Å². The first kappa shape index (κ1) is 11.9. The molecule has 3 atom stereocenters. The number of likely N-dealkylation sites (tertiary alicyclic amines) is 1. The fourth-order valence-electron chi connectivity index (χ4n) is 2.88. The number of carbonyl (C=O) groups is 1. The summed E-state index contributed by atoms with van der Waals surface area (Å²) in [7, 11) is 1.86. The Bertz CT molecular complexity index is 257. The summed E-state index contributed by atoms with van der Waals surface area (Å²) < 4.78 is 0. The van der Waals surface area contributed by atoms with E-state index in [1.54, 1.807) is 4.90 Å². The van der Waals surface area contributed by atoms with E-state index in [2.05, 4.69) is 5.32 Å². The average molecular weight is 226 g/mol. The van der Waals surface area contributed by atoms with Gasteiger partial charge in [0.25, 0.3) is 0 Å². The molecule has 0 aromatic rings. The van der Waals surface area contributed by atoms with Crippen molar-refractivity contribution in [3.63, 3.8) is 0 Å². The first-order valence-electron chi connectivity index (χ1n) is 6.34. The van der Waals surface area contributed by atoms with Crippen molar-refractivity contribution in [2.24, 2.45) is 5.92 Å². The fourth-order valence-corrected chi connectivity index (χ4v) is 2.88. The van der Waals surface area contributed by atoms with Gasteiger partial charge in [-0.3, -0.25) is 4.79 Å². The Balaban J connectivity index is 1.90. The molecule has 2 fully saturated rings. The quantitative estimate of drug-likeness (QED) is 0.730. The number of hydrogen-bond donors (Lipinski definition) is 2. The Kier molecular flexibility index (Phi) is 3.82. The van der Waals surface area contributed by atoms with Crippen LogP contribution in [0.4, 0.5) is 0 Å². The zero-order chi connectivity index (χ0) is 11.5. The van der Waals surface area contributed by atoms with Crippen molar-refractivity contribution in [2.45, 2.75) is 44.2 Å². The molecule has 0 spiro atoms. The van der Waals surface area contributed by atoms with Gasteiger partial charge < -0.3 is 15.3 Å². The SMILES string of the molecule is CN1CC[C@@H](N[C@@H]2CCCC[C@@H]2CO)C1=O. The van der Waals surface area contributed by atoms with Gasteiger partial charge in [-0.1, -0.05) is 12.8 Å². The molecule has 1 heterocycles. The maximum absolute atomic E-state index is 11.8. The van der Waals surface area contributed by atoms with Crippen molar-refractivity contribution in [1.29, 1.82) is 0 Å². The molecule has 0 aromatic heterocycles. The van der Waals surface area contributed by atoms with Gasteiger partial charge in [0.1, 0.15) is 0 Å². The normalized spacial score (nSPS) is 35.8. The molecule has 2 aliphatic rings. The van der Waals surface area contributed by atoms with Gasteiger partial charge in [-0.15, -0.1) is 0 Å². The highest BCUT2D eigenvalue weighted by atomic mass is 16.3. The maximum Gasteiger partial charge on any atom is 0.239 e. The van der Waals surface area contributed by atoms with E-state index in [4.69, 9.17) is 0 Å². The lowest BCUT2D eigenvalue weighted by Crippen LogP contribution is -2.48. The molecule has 1 aliphatic heterocycles. The highest BCUT2D eigenvalue weighted by molar-refractivity contribution is 5.83. The minimum absolute atomic E-state index is 0.0119. The van der Waals surface area contributed by atoms with Gasteiger partial charge in [0.2, 0.25) is 5.91 Å². The number of likely N-dealkylation sites (N-methyl/N-ethyl adjacent to an activating group) is 1. The zero-order valence-corrected chi connectivity index (χ0v) is 9.98. The van der Waals surface area contributed by atoms with E-state index in [9.17, 15) is 9.90 Å². The number of carbonyl (C=O) groups excluding carboxylic acids is 1.